The molecule has 0 unspecified atom stereocenters. The van der Waals surface area contributed by atoms with Gasteiger partial charge < -0.3 is 21.1 Å². The number of carbonyl (C=O) groups excluding carboxylic acids is 1. The summed E-state index contributed by atoms with van der Waals surface area (Å²) < 4.78 is 18.4. The maximum Gasteiger partial charge on any atom is 0.325 e. The molecule has 3 rings (SSSR count). The molecule has 10 heteroatoms. The maximum absolute atomic E-state index is 13.0. The number of benzene rings is 2. The van der Waals surface area contributed by atoms with E-state index in [-0.39, 0.29) is 17.5 Å². The van der Waals surface area contributed by atoms with E-state index >= 15 is 0 Å². The van der Waals surface area contributed by atoms with E-state index in [1.807, 2.05) is 0 Å². The second-order valence-electron chi connectivity index (χ2n) is 6.60. The number of hydrogen-bond acceptors (Lipinski definition) is 6. The third-order valence-corrected chi connectivity index (χ3v) is 4.70. The third-order valence-electron chi connectivity index (χ3n) is 4.34. The van der Waals surface area contributed by atoms with Crippen LogP contribution in [0, 0.1) is 5.82 Å². The summed E-state index contributed by atoms with van der Waals surface area (Å²) >= 11 is 6.40. The van der Waals surface area contributed by atoms with Crippen LogP contribution < -0.4 is 26.4 Å². The molecule has 0 saturated carbocycles. The van der Waals surface area contributed by atoms with E-state index in [1.165, 1.54) is 31.6 Å². The Hall–Kier alpha value is -3.43. The van der Waals surface area contributed by atoms with Crippen LogP contribution in [0.25, 0.3) is 0 Å². The van der Waals surface area contributed by atoms with E-state index < -0.39 is 6.03 Å². The summed E-state index contributed by atoms with van der Waals surface area (Å²) in [6.45, 7) is 1.27. The number of nitrogens with zero attached hydrogens (tertiary/aromatic N) is 2. The zero-order valence-corrected chi connectivity index (χ0v) is 17.5. The smallest absolute Gasteiger partial charge is 0.325 e. The number of anilines is 3. The molecule has 3 aromatic rings. The van der Waals surface area contributed by atoms with Gasteiger partial charge >= 0.3 is 6.03 Å². The van der Waals surface area contributed by atoms with Crippen molar-refractivity contribution in [3.63, 3.8) is 0 Å². The fourth-order valence-electron chi connectivity index (χ4n) is 2.78. The van der Waals surface area contributed by atoms with Crippen molar-refractivity contribution in [2.75, 3.05) is 30.0 Å². The number of halogens is 2. The summed E-state index contributed by atoms with van der Waals surface area (Å²) in [6, 6.07) is 9.22. The molecule has 5 N–H and O–H groups in total. The van der Waals surface area contributed by atoms with E-state index in [9.17, 15) is 9.18 Å². The third kappa shape index (κ3) is 6.53. The van der Waals surface area contributed by atoms with Crippen LogP contribution in [-0.2, 0) is 13.0 Å². The van der Waals surface area contributed by atoms with Crippen LogP contribution in [0.4, 0.5) is 26.5 Å². The SMILES string of the molecule is COc1cc(CCNCc2ccc(F)cc2)c(Cl)cc1NC(=O)Nc1cnc(N)cn1. The highest BCUT2D eigenvalue weighted by Crippen LogP contribution is 2.31. The Morgan fingerprint density at radius 2 is 1.94 bits per heavy atom. The Morgan fingerprint density at radius 1 is 1.16 bits per heavy atom. The van der Waals surface area contributed by atoms with Gasteiger partial charge in [-0.15, -0.1) is 0 Å². The number of carbonyl (C=O) groups is 1. The molecule has 0 aliphatic rings. The summed E-state index contributed by atoms with van der Waals surface area (Å²) in [6.07, 6.45) is 3.33. The minimum absolute atomic E-state index is 0.251. The van der Waals surface area contributed by atoms with Crippen LogP contribution in [-0.4, -0.2) is 29.7 Å². The Labute approximate surface area is 184 Å². The molecular formula is C21H22ClFN6O2. The van der Waals surface area contributed by atoms with Gasteiger partial charge in [0.15, 0.2) is 5.82 Å². The van der Waals surface area contributed by atoms with Crippen molar-refractivity contribution in [3.8, 4) is 5.75 Å². The lowest BCUT2D eigenvalue weighted by molar-refractivity contribution is 0.262. The number of aromatic nitrogens is 2. The van der Waals surface area contributed by atoms with Crippen molar-refractivity contribution in [2.24, 2.45) is 0 Å². The zero-order valence-electron chi connectivity index (χ0n) is 16.8. The predicted molar refractivity (Wildman–Crippen MR) is 119 cm³/mol. The highest BCUT2D eigenvalue weighted by molar-refractivity contribution is 6.31. The topological polar surface area (TPSA) is 114 Å². The number of methoxy groups -OCH3 is 1. The standard InChI is InChI=1S/C21H22ClFN6O2/c1-31-18-8-14(6-7-25-10-13-2-4-15(23)5-3-13)16(22)9-17(18)28-21(30)29-20-12-26-19(24)11-27-20/h2-5,8-9,11-12,25H,6-7,10H2,1H3,(H2,24,26)(H2,27,28,29,30). The molecule has 0 atom stereocenters. The molecule has 0 radical (unpaired) electrons. The van der Waals surface area contributed by atoms with Gasteiger partial charge in [0.25, 0.3) is 0 Å². The highest BCUT2D eigenvalue weighted by atomic mass is 35.5. The van der Waals surface area contributed by atoms with Crippen LogP contribution in [0.3, 0.4) is 0 Å². The van der Waals surface area contributed by atoms with Crippen LogP contribution >= 0.6 is 11.6 Å². The molecule has 162 valence electrons. The van der Waals surface area contributed by atoms with Gasteiger partial charge in [0.05, 0.1) is 25.2 Å². The van der Waals surface area contributed by atoms with E-state index in [0.29, 0.717) is 36.0 Å². The zero-order chi connectivity index (χ0) is 22.2. The molecule has 1 heterocycles. The van der Waals surface area contributed by atoms with Gasteiger partial charge in [-0.05, 0) is 48.4 Å². The average Bonchev–Trinajstić information content (AvgIpc) is 2.75. The number of amides is 2. The molecule has 0 aliphatic heterocycles. The lowest BCUT2D eigenvalue weighted by atomic mass is 10.1. The van der Waals surface area contributed by atoms with Gasteiger partial charge in [-0.3, -0.25) is 5.32 Å². The van der Waals surface area contributed by atoms with Crippen molar-refractivity contribution in [2.45, 2.75) is 13.0 Å². The number of urea groups is 1. The number of rotatable bonds is 8. The number of hydrogen-bond donors (Lipinski definition) is 4. The van der Waals surface area contributed by atoms with Gasteiger partial charge in [0, 0.05) is 11.6 Å². The summed E-state index contributed by atoms with van der Waals surface area (Å²) in [7, 11) is 1.51. The highest BCUT2D eigenvalue weighted by Gasteiger charge is 2.13. The number of nitrogen functional groups attached to an aromatic ring is 1. The Balaban J connectivity index is 1.57. The van der Waals surface area contributed by atoms with Gasteiger partial charge in [-0.2, -0.15) is 0 Å². The van der Waals surface area contributed by atoms with E-state index in [0.717, 1.165) is 11.1 Å². The van der Waals surface area contributed by atoms with Gasteiger partial charge in [0.2, 0.25) is 0 Å². The number of nitrogens with one attached hydrogen (secondary N) is 3. The van der Waals surface area contributed by atoms with Crippen LogP contribution in [0.1, 0.15) is 11.1 Å². The van der Waals surface area contributed by atoms with Crippen molar-refractivity contribution in [1.29, 1.82) is 0 Å². The summed E-state index contributed by atoms with van der Waals surface area (Å²) in [5.41, 5.74) is 7.74. The molecule has 0 bridgehead atoms. The second kappa shape index (κ2) is 10.6. The molecule has 0 fully saturated rings. The monoisotopic (exact) mass is 444 g/mol. The van der Waals surface area contributed by atoms with E-state index in [1.54, 1.807) is 24.3 Å². The number of ether oxygens (including phenoxy) is 1. The molecule has 1 aromatic heterocycles. The fourth-order valence-corrected chi connectivity index (χ4v) is 3.04. The lowest BCUT2D eigenvalue weighted by Crippen LogP contribution is -2.21. The normalized spacial score (nSPS) is 10.5. The quantitative estimate of drug-likeness (QED) is 0.392. The number of nitrogens with two attached hydrogens (primary N) is 1. The van der Waals surface area contributed by atoms with Crippen LogP contribution in [0.2, 0.25) is 5.02 Å². The predicted octanol–water partition coefficient (Wildman–Crippen LogP) is 3.84. The molecule has 2 aromatic carbocycles. The first-order valence-electron chi connectivity index (χ1n) is 9.41. The average molecular weight is 445 g/mol. The molecule has 8 nitrogen and oxygen atoms in total. The second-order valence-corrected chi connectivity index (χ2v) is 7.01. The summed E-state index contributed by atoms with van der Waals surface area (Å²) in [4.78, 5) is 20.1. The fraction of sp³-hybridized carbons (Fsp3) is 0.190. The molecule has 0 aliphatic carbocycles. The van der Waals surface area contributed by atoms with Gasteiger partial charge in [0.1, 0.15) is 17.4 Å². The first-order chi connectivity index (χ1) is 14.9. The Kier molecular flexibility index (Phi) is 7.58. The molecule has 31 heavy (non-hydrogen) atoms. The minimum atomic E-state index is -0.526. The van der Waals surface area contributed by atoms with Gasteiger partial charge in [-0.25, -0.2) is 19.2 Å². The largest absolute Gasteiger partial charge is 0.495 e. The maximum atomic E-state index is 13.0. The Morgan fingerprint density at radius 3 is 2.61 bits per heavy atom. The molecule has 2 amide bonds. The van der Waals surface area contributed by atoms with Crippen LogP contribution in [0.15, 0.2) is 48.8 Å². The van der Waals surface area contributed by atoms with Crippen molar-refractivity contribution >= 4 is 35.0 Å². The molecular weight excluding hydrogens is 423 g/mol. The van der Waals surface area contributed by atoms with Crippen LogP contribution in [0.5, 0.6) is 5.75 Å². The van der Waals surface area contributed by atoms with Crippen molar-refractivity contribution in [3.05, 3.63) is 70.8 Å². The van der Waals surface area contributed by atoms with Crippen molar-refractivity contribution < 1.29 is 13.9 Å². The first-order valence-corrected chi connectivity index (χ1v) is 9.79. The minimum Gasteiger partial charge on any atom is -0.495 e. The Bertz CT molecular complexity index is 1030. The summed E-state index contributed by atoms with van der Waals surface area (Å²) in [5.74, 6) is 0.714. The summed E-state index contributed by atoms with van der Waals surface area (Å²) in [5, 5.41) is 9.02. The molecule has 0 saturated heterocycles. The first kappa shape index (κ1) is 22.3. The van der Waals surface area contributed by atoms with E-state index in [4.69, 9.17) is 22.1 Å². The molecule has 0 spiro atoms. The van der Waals surface area contributed by atoms with Gasteiger partial charge in [-0.1, -0.05) is 23.7 Å². The lowest BCUT2D eigenvalue weighted by Gasteiger charge is -2.14. The van der Waals surface area contributed by atoms with E-state index in [2.05, 4.69) is 25.9 Å². The van der Waals surface area contributed by atoms with Crippen molar-refractivity contribution in [1.82, 2.24) is 15.3 Å².